The smallest absolute Gasteiger partial charge is 0.267 e. The number of H-pyrrole nitrogens is 2. The minimum absolute atomic E-state index is 0.169. The molecule has 8 nitrogen and oxygen atoms in total. The summed E-state index contributed by atoms with van der Waals surface area (Å²) in [6.45, 7) is 0.394. The van der Waals surface area contributed by atoms with Crippen molar-refractivity contribution < 1.29 is 4.79 Å². The number of aromatic nitrogens is 5. The lowest BCUT2D eigenvalue weighted by Crippen LogP contribution is -2.23. The minimum atomic E-state index is -0.169. The molecule has 0 aliphatic rings. The molecular formula is C23H19N7O. The van der Waals surface area contributed by atoms with Crippen LogP contribution < -0.4 is 10.6 Å². The van der Waals surface area contributed by atoms with Crippen molar-refractivity contribution in [3.8, 4) is 11.1 Å². The summed E-state index contributed by atoms with van der Waals surface area (Å²) in [5.41, 5.74) is 6.34. The summed E-state index contributed by atoms with van der Waals surface area (Å²) in [5.74, 6) is -0.169. The fourth-order valence-electron chi connectivity index (χ4n) is 3.35. The summed E-state index contributed by atoms with van der Waals surface area (Å²) in [4.78, 5) is 15.7. The lowest BCUT2D eigenvalue weighted by atomic mass is 10.1. The van der Waals surface area contributed by atoms with Crippen LogP contribution in [-0.2, 0) is 6.54 Å². The van der Waals surface area contributed by atoms with Crippen LogP contribution in [0.4, 0.5) is 11.4 Å². The van der Waals surface area contributed by atoms with E-state index < -0.39 is 0 Å². The van der Waals surface area contributed by atoms with Crippen LogP contribution in [0.15, 0.2) is 79.4 Å². The molecule has 1 amide bonds. The number of aromatic amines is 2. The number of hydrogen-bond donors (Lipinski definition) is 4. The van der Waals surface area contributed by atoms with Crippen LogP contribution in [0, 0.1) is 0 Å². The first kappa shape index (κ1) is 18.6. The summed E-state index contributed by atoms with van der Waals surface area (Å²) in [6.07, 6.45) is 6.89. The van der Waals surface area contributed by atoms with Gasteiger partial charge >= 0.3 is 0 Å². The maximum atomic E-state index is 12.5. The number of nitrogens with one attached hydrogen (secondary N) is 4. The van der Waals surface area contributed by atoms with Gasteiger partial charge in [0, 0.05) is 46.8 Å². The SMILES string of the molecule is O=C(NCc1ccnnc1)c1cc2ccc(Nc3ccc(-c4cn[nH]c4)cc3)cc2[nH]1. The Labute approximate surface area is 177 Å². The highest BCUT2D eigenvalue weighted by atomic mass is 16.1. The molecule has 31 heavy (non-hydrogen) atoms. The van der Waals surface area contributed by atoms with E-state index in [2.05, 4.69) is 36.0 Å². The molecule has 152 valence electrons. The molecule has 0 spiro atoms. The van der Waals surface area contributed by atoms with Crippen LogP contribution in [0.2, 0.25) is 0 Å². The van der Waals surface area contributed by atoms with E-state index in [1.165, 1.54) is 0 Å². The second-order valence-electron chi connectivity index (χ2n) is 7.11. The van der Waals surface area contributed by atoms with E-state index in [0.29, 0.717) is 12.2 Å². The molecule has 8 heteroatoms. The van der Waals surface area contributed by atoms with Crippen molar-refractivity contribution in [3.63, 3.8) is 0 Å². The second-order valence-corrected chi connectivity index (χ2v) is 7.11. The zero-order valence-electron chi connectivity index (χ0n) is 16.5. The van der Waals surface area contributed by atoms with Gasteiger partial charge in [-0.15, -0.1) is 0 Å². The quantitative estimate of drug-likeness (QED) is 0.338. The Bertz CT molecular complexity index is 1310. The van der Waals surface area contributed by atoms with Crippen molar-refractivity contribution in [1.82, 2.24) is 30.7 Å². The zero-order valence-corrected chi connectivity index (χ0v) is 16.5. The average Bonchev–Trinajstić information content (AvgIpc) is 3.49. The number of carbonyl (C=O) groups is 1. The van der Waals surface area contributed by atoms with Crippen molar-refractivity contribution in [2.75, 3.05) is 5.32 Å². The topological polar surface area (TPSA) is 111 Å². The first-order valence-corrected chi connectivity index (χ1v) is 9.77. The molecule has 0 fully saturated rings. The third-order valence-electron chi connectivity index (χ3n) is 4.97. The van der Waals surface area contributed by atoms with Crippen LogP contribution in [0.1, 0.15) is 16.1 Å². The Balaban J connectivity index is 1.28. The monoisotopic (exact) mass is 409 g/mol. The number of benzene rings is 2. The lowest BCUT2D eigenvalue weighted by molar-refractivity contribution is 0.0946. The number of hydrogen-bond acceptors (Lipinski definition) is 5. The van der Waals surface area contributed by atoms with Crippen LogP contribution in [0.5, 0.6) is 0 Å². The highest BCUT2D eigenvalue weighted by molar-refractivity contribution is 5.98. The maximum Gasteiger partial charge on any atom is 0.267 e. The first-order valence-electron chi connectivity index (χ1n) is 9.77. The Morgan fingerprint density at radius 3 is 2.55 bits per heavy atom. The Kier molecular flexibility index (Phi) is 4.86. The third-order valence-corrected chi connectivity index (χ3v) is 4.97. The lowest BCUT2D eigenvalue weighted by Gasteiger charge is -2.07. The number of carbonyl (C=O) groups excluding carboxylic acids is 1. The van der Waals surface area contributed by atoms with Gasteiger partial charge in [0.25, 0.3) is 5.91 Å². The number of fused-ring (bicyclic) bond motifs is 1. The van der Waals surface area contributed by atoms with Gasteiger partial charge in [0.1, 0.15) is 5.69 Å². The summed E-state index contributed by atoms with van der Waals surface area (Å²) < 4.78 is 0. The van der Waals surface area contributed by atoms with Crippen molar-refractivity contribution in [2.24, 2.45) is 0 Å². The molecule has 0 aliphatic heterocycles. The van der Waals surface area contributed by atoms with E-state index in [0.717, 1.165) is 39.0 Å². The van der Waals surface area contributed by atoms with E-state index >= 15 is 0 Å². The summed E-state index contributed by atoms with van der Waals surface area (Å²) in [6, 6.07) is 17.8. The maximum absolute atomic E-state index is 12.5. The number of rotatable bonds is 6. The number of anilines is 2. The molecule has 4 N–H and O–H groups in total. The van der Waals surface area contributed by atoms with Crippen LogP contribution in [0.3, 0.4) is 0 Å². The first-order chi connectivity index (χ1) is 15.2. The van der Waals surface area contributed by atoms with E-state index in [1.54, 1.807) is 18.6 Å². The van der Waals surface area contributed by atoms with Crippen molar-refractivity contribution in [3.05, 3.63) is 90.6 Å². The largest absolute Gasteiger partial charge is 0.355 e. The number of amides is 1. The summed E-state index contributed by atoms with van der Waals surface area (Å²) in [7, 11) is 0. The van der Waals surface area contributed by atoms with Gasteiger partial charge < -0.3 is 15.6 Å². The Hall–Kier alpha value is -4.46. The fraction of sp³-hybridized carbons (Fsp3) is 0.0435. The van der Waals surface area contributed by atoms with E-state index in [9.17, 15) is 4.79 Å². The van der Waals surface area contributed by atoms with Gasteiger partial charge in [-0.1, -0.05) is 18.2 Å². The van der Waals surface area contributed by atoms with E-state index in [-0.39, 0.29) is 5.91 Å². The van der Waals surface area contributed by atoms with E-state index in [1.807, 2.05) is 60.8 Å². The molecule has 0 bridgehead atoms. The van der Waals surface area contributed by atoms with Crippen LogP contribution in [-0.4, -0.2) is 31.3 Å². The highest BCUT2D eigenvalue weighted by Crippen LogP contribution is 2.25. The zero-order chi connectivity index (χ0) is 21.0. The fourth-order valence-corrected chi connectivity index (χ4v) is 3.35. The predicted molar refractivity (Wildman–Crippen MR) is 119 cm³/mol. The van der Waals surface area contributed by atoms with Gasteiger partial charge in [0.05, 0.1) is 12.4 Å². The normalized spacial score (nSPS) is 10.8. The van der Waals surface area contributed by atoms with Gasteiger partial charge in [-0.05, 0) is 47.5 Å². The van der Waals surface area contributed by atoms with E-state index in [4.69, 9.17) is 0 Å². The van der Waals surface area contributed by atoms with Gasteiger partial charge in [-0.2, -0.15) is 15.3 Å². The van der Waals surface area contributed by atoms with Gasteiger partial charge in [-0.25, -0.2) is 0 Å². The van der Waals surface area contributed by atoms with Gasteiger partial charge in [-0.3, -0.25) is 9.89 Å². The molecule has 0 saturated carbocycles. The standard InChI is InChI=1S/C23H19N7O/c31-23(24-11-15-7-8-25-26-12-15)22-9-17-3-6-20(10-21(17)30-22)29-19-4-1-16(2-5-19)18-13-27-28-14-18/h1-10,12-14,29-30H,11H2,(H,24,31)(H,27,28). The molecule has 3 heterocycles. The Morgan fingerprint density at radius 2 is 1.77 bits per heavy atom. The summed E-state index contributed by atoms with van der Waals surface area (Å²) in [5, 5.41) is 21.6. The number of nitrogens with zero attached hydrogens (tertiary/aromatic N) is 3. The predicted octanol–water partition coefficient (Wildman–Crippen LogP) is 4.02. The molecule has 5 rings (SSSR count). The van der Waals surface area contributed by atoms with Gasteiger partial charge in [0.2, 0.25) is 0 Å². The summed E-state index contributed by atoms with van der Waals surface area (Å²) >= 11 is 0. The molecular weight excluding hydrogens is 390 g/mol. The minimum Gasteiger partial charge on any atom is -0.355 e. The molecule has 3 aromatic heterocycles. The third kappa shape index (κ3) is 4.13. The molecule has 0 saturated heterocycles. The van der Waals surface area contributed by atoms with Crippen LogP contribution >= 0.6 is 0 Å². The molecule has 0 aliphatic carbocycles. The van der Waals surface area contributed by atoms with Crippen molar-refractivity contribution in [2.45, 2.75) is 6.54 Å². The highest BCUT2D eigenvalue weighted by Gasteiger charge is 2.10. The van der Waals surface area contributed by atoms with Crippen molar-refractivity contribution >= 4 is 28.2 Å². The van der Waals surface area contributed by atoms with Crippen LogP contribution in [0.25, 0.3) is 22.0 Å². The molecule has 2 aromatic carbocycles. The molecule has 0 unspecified atom stereocenters. The molecule has 5 aromatic rings. The molecule has 0 radical (unpaired) electrons. The van der Waals surface area contributed by atoms with Crippen molar-refractivity contribution in [1.29, 1.82) is 0 Å². The average molecular weight is 409 g/mol. The molecule has 0 atom stereocenters. The van der Waals surface area contributed by atoms with Gasteiger partial charge in [0.15, 0.2) is 0 Å². The Morgan fingerprint density at radius 1 is 0.903 bits per heavy atom. The second kappa shape index (κ2) is 8.11.